The zero-order valence-electron chi connectivity index (χ0n) is 12.5. The topological polar surface area (TPSA) is 49.3 Å². The Labute approximate surface area is 106 Å². The van der Waals surface area contributed by atoms with Crippen molar-refractivity contribution in [3.05, 3.63) is 0 Å². The molecule has 0 unspecified atom stereocenters. The molecule has 102 valence electrons. The summed E-state index contributed by atoms with van der Waals surface area (Å²) in [5, 5.41) is 12.2. The lowest BCUT2D eigenvalue weighted by molar-refractivity contribution is -0.139. The molecular weight excluding hydrogens is 214 g/mol. The highest BCUT2D eigenvalue weighted by Gasteiger charge is 2.32. The van der Waals surface area contributed by atoms with E-state index in [0.717, 1.165) is 13.1 Å². The fourth-order valence-electron chi connectivity index (χ4n) is 1.45. The van der Waals surface area contributed by atoms with Gasteiger partial charge in [-0.15, -0.1) is 0 Å². The Morgan fingerprint density at radius 3 is 1.82 bits per heavy atom. The Morgan fingerprint density at radius 2 is 1.47 bits per heavy atom. The van der Waals surface area contributed by atoms with Crippen LogP contribution < -0.4 is 5.32 Å². The summed E-state index contributed by atoms with van der Waals surface area (Å²) in [4.78, 5) is 10.7. The van der Waals surface area contributed by atoms with E-state index in [-0.39, 0.29) is 22.7 Å². The normalized spacial score (nSPS) is 13.8. The van der Waals surface area contributed by atoms with Crippen molar-refractivity contribution in [1.82, 2.24) is 5.32 Å². The highest BCUT2D eigenvalue weighted by molar-refractivity contribution is 5.67. The lowest BCUT2D eigenvalue weighted by Crippen LogP contribution is -2.42. The van der Waals surface area contributed by atoms with Gasteiger partial charge in [0.1, 0.15) is 0 Å². The van der Waals surface area contributed by atoms with Gasteiger partial charge in [0, 0.05) is 13.1 Å². The van der Waals surface area contributed by atoms with Crippen LogP contribution in [0.3, 0.4) is 0 Å². The second-order valence-corrected chi connectivity index (χ2v) is 7.47. The van der Waals surface area contributed by atoms with Gasteiger partial charge < -0.3 is 10.4 Å². The van der Waals surface area contributed by atoms with Crippen LogP contribution in [0, 0.1) is 16.2 Å². The number of rotatable bonds is 6. The van der Waals surface area contributed by atoms with Crippen LogP contribution in [-0.4, -0.2) is 24.2 Å². The van der Waals surface area contributed by atoms with Crippen LogP contribution in [0.25, 0.3) is 0 Å². The Kier molecular flexibility index (Phi) is 5.20. The fourth-order valence-corrected chi connectivity index (χ4v) is 1.45. The molecule has 0 aromatic carbocycles. The number of aliphatic carboxylic acids is 1. The van der Waals surface area contributed by atoms with E-state index in [1.807, 2.05) is 13.8 Å². The summed E-state index contributed by atoms with van der Waals surface area (Å²) in [6.45, 7) is 16.8. The lowest BCUT2D eigenvalue weighted by Gasteiger charge is -2.40. The summed E-state index contributed by atoms with van der Waals surface area (Å²) >= 11 is 0. The molecule has 0 aromatic rings. The third-order valence-corrected chi connectivity index (χ3v) is 3.83. The van der Waals surface area contributed by atoms with Gasteiger partial charge in [-0.1, -0.05) is 48.5 Å². The van der Waals surface area contributed by atoms with E-state index in [1.54, 1.807) is 0 Å². The maximum absolute atomic E-state index is 10.7. The summed E-state index contributed by atoms with van der Waals surface area (Å²) in [6, 6.07) is 0. The maximum Gasteiger partial charge on any atom is 0.303 e. The molecule has 17 heavy (non-hydrogen) atoms. The van der Waals surface area contributed by atoms with Gasteiger partial charge in [0.2, 0.25) is 0 Å². The van der Waals surface area contributed by atoms with Crippen molar-refractivity contribution in [3.63, 3.8) is 0 Å². The average Bonchev–Trinajstić information content (AvgIpc) is 1.97. The number of carboxylic acid groups (broad SMARTS) is 1. The average molecular weight is 243 g/mol. The Hall–Kier alpha value is -0.570. The molecule has 0 fully saturated rings. The standard InChI is InChI=1S/C14H29NO2/c1-12(2,3)14(6,7)10-15-9-13(4,5)8-11(16)17/h15H,8-10H2,1-7H3,(H,16,17). The van der Waals surface area contributed by atoms with Crippen LogP contribution in [0.4, 0.5) is 0 Å². The minimum absolute atomic E-state index is 0.187. The second kappa shape index (κ2) is 5.38. The zero-order chi connectivity index (χ0) is 13.9. The quantitative estimate of drug-likeness (QED) is 0.753. The molecule has 3 nitrogen and oxygen atoms in total. The summed E-state index contributed by atoms with van der Waals surface area (Å²) in [5.74, 6) is -0.730. The largest absolute Gasteiger partial charge is 0.481 e. The lowest BCUT2D eigenvalue weighted by atomic mass is 9.69. The zero-order valence-corrected chi connectivity index (χ0v) is 12.5. The molecule has 0 aliphatic rings. The van der Waals surface area contributed by atoms with Crippen LogP contribution in [0.1, 0.15) is 54.9 Å². The Balaban J connectivity index is 4.20. The third-order valence-electron chi connectivity index (χ3n) is 3.83. The van der Waals surface area contributed by atoms with Crippen molar-refractivity contribution in [1.29, 1.82) is 0 Å². The van der Waals surface area contributed by atoms with Gasteiger partial charge in [0.05, 0.1) is 6.42 Å². The first kappa shape index (κ1) is 16.4. The molecular formula is C14H29NO2. The predicted octanol–water partition coefficient (Wildman–Crippen LogP) is 3.15. The van der Waals surface area contributed by atoms with Crippen molar-refractivity contribution < 1.29 is 9.90 Å². The van der Waals surface area contributed by atoms with Gasteiger partial charge in [0.15, 0.2) is 0 Å². The summed E-state index contributed by atoms with van der Waals surface area (Å²) in [5.41, 5.74) is 0.225. The molecule has 0 aliphatic heterocycles. The van der Waals surface area contributed by atoms with Crippen molar-refractivity contribution in [3.8, 4) is 0 Å². The molecule has 0 bridgehead atoms. The van der Waals surface area contributed by atoms with Crippen molar-refractivity contribution in [2.24, 2.45) is 16.2 Å². The molecule has 0 aliphatic carbocycles. The first-order valence-corrected chi connectivity index (χ1v) is 6.30. The summed E-state index contributed by atoms with van der Waals surface area (Å²) in [6.07, 6.45) is 0.204. The van der Waals surface area contributed by atoms with Gasteiger partial charge in [-0.3, -0.25) is 4.79 Å². The van der Waals surface area contributed by atoms with E-state index in [2.05, 4.69) is 39.9 Å². The number of carboxylic acids is 1. The number of carbonyl (C=O) groups is 1. The second-order valence-electron chi connectivity index (χ2n) is 7.47. The smallest absolute Gasteiger partial charge is 0.303 e. The van der Waals surface area contributed by atoms with E-state index in [9.17, 15) is 4.79 Å². The first-order valence-electron chi connectivity index (χ1n) is 6.30. The predicted molar refractivity (Wildman–Crippen MR) is 72.1 cm³/mol. The molecule has 0 saturated heterocycles. The number of hydrogen-bond acceptors (Lipinski definition) is 2. The van der Waals surface area contributed by atoms with Crippen LogP contribution >= 0.6 is 0 Å². The summed E-state index contributed by atoms with van der Waals surface area (Å²) in [7, 11) is 0. The third kappa shape index (κ3) is 6.06. The first-order chi connectivity index (χ1) is 7.37. The monoisotopic (exact) mass is 243 g/mol. The molecule has 0 rings (SSSR count). The van der Waals surface area contributed by atoms with E-state index >= 15 is 0 Å². The molecule has 0 spiro atoms. The minimum atomic E-state index is -0.730. The van der Waals surface area contributed by atoms with Crippen LogP contribution in [0.5, 0.6) is 0 Å². The van der Waals surface area contributed by atoms with Gasteiger partial charge in [-0.2, -0.15) is 0 Å². The molecule has 0 saturated carbocycles. The number of nitrogens with one attached hydrogen (secondary N) is 1. The maximum atomic E-state index is 10.7. The molecule has 0 atom stereocenters. The highest BCUT2D eigenvalue weighted by atomic mass is 16.4. The molecule has 0 amide bonds. The van der Waals surface area contributed by atoms with Crippen LogP contribution in [0.2, 0.25) is 0 Å². The molecule has 0 radical (unpaired) electrons. The Morgan fingerprint density at radius 1 is 1.00 bits per heavy atom. The van der Waals surface area contributed by atoms with Gasteiger partial charge in [0.25, 0.3) is 0 Å². The van der Waals surface area contributed by atoms with Crippen molar-refractivity contribution >= 4 is 5.97 Å². The summed E-state index contributed by atoms with van der Waals surface area (Å²) < 4.78 is 0. The molecule has 0 heterocycles. The van der Waals surface area contributed by atoms with Crippen molar-refractivity contribution in [2.45, 2.75) is 54.9 Å². The van der Waals surface area contributed by atoms with Gasteiger partial charge in [-0.05, 0) is 16.2 Å². The molecule has 2 N–H and O–H groups in total. The Bertz CT molecular complexity index is 262. The minimum Gasteiger partial charge on any atom is -0.481 e. The van der Waals surface area contributed by atoms with E-state index in [1.165, 1.54) is 0 Å². The van der Waals surface area contributed by atoms with Crippen LogP contribution in [0.15, 0.2) is 0 Å². The van der Waals surface area contributed by atoms with Crippen molar-refractivity contribution in [2.75, 3.05) is 13.1 Å². The highest BCUT2D eigenvalue weighted by Crippen LogP contribution is 2.37. The fraction of sp³-hybridized carbons (Fsp3) is 0.929. The van der Waals surface area contributed by atoms with Crippen LogP contribution in [-0.2, 0) is 4.79 Å². The van der Waals surface area contributed by atoms with Gasteiger partial charge in [-0.25, -0.2) is 0 Å². The van der Waals surface area contributed by atoms with E-state index < -0.39 is 5.97 Å². The number of hydrogen-bond donors (Lipinski definition) is 2. The van der Waals surface area contributed by atoms with E-state index in [4.69, 9.17) is 5.11 Å². The van der Waals surface area contributed by atoms with E-state index in [0.29, 0.717) is 0 Å². The molecule has 0 aromatic heterocycles. The van der Waals surface area contributed by atoms with Gasteiger partial charge >= 0.3 is 5.97 Å². The SMILES string of the molecule is CC(C)(CNCC(C)(C)C(C)(C)C)CC(=O)O. The molecule has 3 heteroatoms.